The zero-order chi connectivity index (χ0) is 21.3. The molecule has 0 radical (unpaired) electrons. The van der Waals surface area contributed by atoms with E-state index in [0.29, 0.717) is 22.1 Å². The lowest BCUT2D eigenvalue weighted by atomic mass is 10.1. The lowest BCUT2D eigenvalue weighted by molar-refractivity contribution is -0.123. The molecule has 7 heteroatoms. The number of carbonyl (C=O) groups excluding carboxylic acids is 2. The van der Waals surface area contributed by atoms with Gasteiger partial charge in [0.1, 0.15) is 11.5 Å². The first-order chi connectivity index (χ1) is 14.5. The van der Waals surface area contributed by atoms with Crippen molar-refractivity contribution in [2.45, 2.75) is 6.92 Å². The quantitative estimate of drug-likeness (QED) is 0.265. The average Bonchev–Trinajstić information content (AvgIpc) is 2.74. The van der Waals surface area contributed by atoms with Crippen molar-refractivity contribution in [1.29, 1.82) is 0 Å². The molecule has 0 fully saturated rings. The second-order valence-electron chi connectivity index (χ2n) is 6.36. The Balaban J connectivity index is 1.46. The van der Waals surface area contributed by atoms with E-state index in [4.69, 9.17) is 21.1 Å². The van der Waals surface area contributed by atoms with E-state index in [2.05, 4.69) is 10.5 Å². The van der Waals surface area contributed by atoms with Gasteiger partial charge >= 0.3 is 5.97 Å². The Morgan fingerprint density at radius 2 is 1.73 bits per heavy atom. The smallest absolute Gasteiger partial charge is 0.343 e. The predicted octanol–water partition coefficient (Wildman–Crippen LogP) is 4.40. The number of benzene rings is 3. The van der Waals surface area contributed by atoms with Crippen LogP contribution in [0.25, 0.3) is 0 Å². The van der Waals surface area contributed by atoms with E-state index in [1.165, 1.54) is 6.21 Å². The van der Waals surface area contributed by atoms with E-state index < -0.39 is 11.9 Å². The molecule has 0 aromatic heterocycles. The summed E-state index contributed by atoms with van der Waals surface area (Å²) in [7, 11) is 0. The van der Waals surface area contributed by atoms with Crippen molar-refractivity contribution in [3.8, 4) is 11.5 Å². The molecule has 0 heterocycles. The van der Waals surface area contributed by atoms with Gasteiger partial charge in [-0.25, -0.2) is 10.2 Å². The van der Waals surface area contributed by atoms with Crippen LogP contribution >= 0.6 is 11.6 Å². The Kier molecular flexibility index (Phi) is 7.19. The standard InChI is InChI=1S/C23H19ClN2O4/c1-16-5-9-18(10-6-16)23(28)30-20-11-7-17(8-12-20)14-25-26-22(27)15-29-21-4-2-3-19(24)13-21/h2-14H,15H2,1H3,(H,26,27)/b25-14+. The maximum atomic E-state index is 12.1. The van der Waals surface area contributed by atoms with Crippen LogP contribution in [0.2, 0.25) is 5.02 Å². The average molecular weight is 423 g/mol. The highest BCUT2D eigenvalue weighted by Crippen LogP contribution is 2.17. The Labute approximate surface area is 179 Å². The normalized spacial score (nSPS) is 10.6. The molecule has 0 saturated heterocycles. The first-order valence-electron chi connectivity index (χ1n) is 9.09. The van der Waals surface area contributed by atoms with Gasteiger partial charge in [-0.3, -0.25) is 4.79 Å². The van der Waals surface area contributed by atoms with Crippen LogP contribution in [0.15, 0.2) is 77.9 Å². The first-order valence-corrected chi connectivity index (χ1v) is 9.46. The Morgan fingerprint density at radius 1 is 1.00 bits per heavy atom. The van der Waals surface area contributed by atoms with Gasteiger partial charge in [0, 0.05) is 5.02 Å². The number of hydrogen-bond acceptors (Lipinski definition) is 5. The van der Waals surface area contributed by atoms with E-state index in [-0.39, 0.29) is 6.61 Å². The molecular weight excluding hydrogens is 404 g/mol. The maximum Gasteiger partial charge on any atom is 0.343 e. The topological polar surface area (TPSA) is 77.0 Å². The summed E-state index contributed by atoms with van der Waals surface area (Å²) in [5.41, 5.74) is 4.65. The summed E-state index contributed by atoms with van der Waals surface area (Å²) >= 11 is 5.86. The molecule has 0 aliphatic rings. The molecule has 152 valence electrons. The predicted molar refractivity (Wildman–Crippen MR) is 115 cm³/mol. The number of aryl methyl sites for hydroxylation is 1. The highest BCUT2D eigenvalue weighted by Gasteiger charge is 2.08. The van der Waals surface area contributed by atoms with Gasteiger partial charge < -0.3 is 9.47 Å². The van der Waals surface area contributed by atoms with Crippen molar-refractivity contribution in [2.24, 2.45) is 5.10 Å². The number of hydrazone groups is 1. The molecule has 0 unspecified atom stereocenters. The second kappa shape index (κ2) is 10.2. The Morgan fingerprint density at radius 3 is 2.43 bits per heavy atom. The molecule has 0 bridgehead atoms. The van der Waals surface area contributed by atoms with E-state index in [9.17, 15) is 9.59 Å². The minimum Gasteiger partial charge on any atom is -0.484 e. The minimum atomic E-state index is -0.427. The number of ether oxygens (including phenoxy) is 2. The zero-order valence-corrected chi connectivity index (χ0v) is 16.9. The number of hydrogen-bond donors (Lipinski definition) is 1. The van der Waals surface area contributed by atoms with Crippen molar-refractivity contribution in [2.75, 3.05) is 6.61 Å². The largest absolute Gasteiger partial charge is 0.484 e. The minimum absolute atomic E-state index is 0.189. The van der Waals surface area contributed by atoms with Crippen LogP contribution in [0.4, 0.5) is 0 Å². The molecule has 6 nitrogen and oxygen atoms in total. The third-order valence-electron chi connectivity index (χ3n) is 3.95. The van der Waals surface area contributed by atoms with Crippen molar-refractivity contribution >= 4 is 29.7 Å². The SMILES string of the molecule is Cc1ccc(C(=O)Oc2ccc(/C=N/NC(=O)COc3cccc(Cl)c3)cc2)cc1. The summed E-state index contributed by atoms with van der Waals surface area (Å²) in [5, 5.41) is 4.41. The number of amides is 1. The van der Waals surface area contributed by atoms with Crippen LogP contribution < -0.4 is 14.9 Å². The van der Waals surface area contributed by atoms with E-state index in [1.807, 2.05) is 19.1 Å². The van der Waals surface area contributed by atoms with Gasteiger partial charge in [-0.1, -0.05) is 35.4 Å². The number of carbonyl (C=O) groups is 2. The van der Waals surface area contributed by atoms with Gasteiger partial charge in [-0.2, -0.15) is 5.10 Å². The summed E-state index contributed by atoms with van der Waals surface area (Å²) in [6, 6.07) is 20.6. The number of nitrogens with one attached hydrogen (secondary N) is 1. The van der Waals surface area contributed by atoms with Crippen LogP contribution in [0.5, 0.6) is 11.5 Å². The van der Waals surface area contributed by atoms with Crippen LogP contribution in [-0.4, -0.2) is 24.7 Å². The second-order valence-corrected chi connectivity index (χ2v) is 6.80. The molecular formula is C23H19ClN2O4. The fourth-order valence-corrected chi connectivity index (χ4v) is 2.57. The summed E-state index contributed by atoms with van der Waals surface area (Å²) in [6.45, 7) is 1.76. The van der Waals surface area contributed by atoms with Gasteiger partial charge in [-0.15, -0.1) is 0 Å². The van der Waals surface area contributed by atoms with Crippen molar-refractivity contribution in [3.63, 3.8) is 0 Å². The van der Waals surface area contributed by atoms with Crippen LogP contribution in [0.3, 0.4) is 0 Å². The van der Waals surface area contributed by atoms with E-state index in [1.54, 1.807) is 60.7 Å². The monoisotopic (exact) mass is 422 g/mol. The molecule has 1 N–H and O–H groups in total. The molecule has 3 aromatic rings. The summed E-state index contributed by atoms with van der Waals surface area (Å²) in [5.74, 6) is 0.0762. The lowest BCUT2D eigenvalue weighted by Gasteiger charge is -2.05. The maximum absolute atomic E-state index is 12.1. The first kappa shape index (κ1) is 21.1. The van der Waals surface area contributed by atoms with Crippen LogP contribution in [0.1, 0.15) is 21.5 Å². The van der Waals surface area contributed by atoms with Crippen LogP contribution in [-0.2, 0) is 4.79 Å². The molecule has 0 aliphatic heterocycles. The summed E-state index contributed by atoms with van der Waals surface area (Å²) in [4.78, 5) is 23.9. The van der Waals surface area contributed by atoms with Gasteiger partial charge in [0.2, 0.25) is 0 Å². The molecule has 3 aromatic carbocycles. The molecule has 30 heavy (non-hydrogen) atoms. The van der Waals surface area contributed by atoms with Crippen molar-refractivity contribution in [3.05, 3.63) is 94.5 Å². The lowest BCUT2D eigenvalue weighted by Crippen LogP contribution is -2.24. The fraction of sp³-hybridized carbons (Fsp3) is 0.0870. The van der Waals surface area contributed by atoms with E-state index in [0.717, 1.165) is 11.1 Å². The van der Waals surface area contributed by atoms with Gasteiger partial charge in [0.15, 0.2) is 6.61 Å². The van der Waals surface area contributed by atoms with Gasteiger partial charge in [-0.05, 0) is 67.1 Å². The highest BCUT2D eigenvalue weighted by atomic mass is 35.5. The molecule has 0 spiro atoms. The number of nitrogens with zero attached hydrogens (tertiary/aromatic N) is 1. The zero-order valence-electron chi connectivity index (χ0n) is 16.2. The Hall–Kier alpha value is -3.64. The van der Waals surface area contributed by atoms with Crippen molar-refractivity contribution < 1.29 is 19.1 Å². The molecule has 1 amide bonds. The van der Waals surface area contributed by atoms with Gasteiger partial charge in [0.25, 0.3) is 5.91 Å². The molecule has 0 aliphatic carbocycles. The molecule has 3 rings (SSSR count). The number of halogens is 1. The molecule has 0 saturated carbocycles. The fourth-order valence-electron chi connectivity index (χ4n) is 2.39. The Bertz CT molecular complexity index is 1050. The summed E-state index contributed by atoms with van der Waals surface area (Å²) < 4.78 is 10.7. The number of rotatable bonds is 7. The molecule has 0 atom stereocenters. The van der Waals surface area contributed by atoms with Crippen molar-refractivity contribution in [1.82, 2.24) is 5.43 Å². The highest BCUT2D eigenvalue weighted by molar-refractivity contribution is 6.30. The third-order valence-corrected chi connectivity index (χ3v) is 4.18. The van der Waals surface area contributed by atoms with Gasteiger partial charge in [0.05, 0.1) is 11.8 Å². The third kappa shape index (κ3) is 6.46. The number of esters is 1. The summed E-state index contributed by atoms with van der Waals surface area (Å²) in [6.07, 6.45) is 1.48. The van der Waals surface area contributed by atoms with E-state index >= 15 is 0 Å². The van der Waals surface area contributed by atoms with Crippen LogP contribution in [0, 0.1) is 6.92 Å².